The number of carbonyl (C=O) groups excluding carboxylic acids is 1. The van der Waals surface area contributed by atoms with Crippen LogP contribution >= 0.6 is 0 Å². The van der Waals surface area contributed by atoms with Crippen LogP contribution in [-0.4, -0.2) is 48.2 Å². The number of anilines is 2. The van der Waals surface area contributed by atoms with Crippen molar-refractivity contribution in [1.29, 1.82) is 0 Å². The van der Waals surface area contributed by atoms with E-state index in [4.69, 9.17) is 9.97 Å². The van der Waals surface area contributed by atoms with Gasteiger partial charge in [-0.25, -0.2) is 19.3 Å². The first-order chi connectivity index (χ1) is 19.8. The van der Waals surface area contributed by atoms with E-state index in [0.29, 0.717) is 42.2 Å². The van der Waals surface area contributed by atoms with Gasteiger partial charge in [0.05, 0.1) is 12.2 Å². The van der Waals surface area contributed by atoms with E-state index in [9.17, 15) is 9.59 Å². The first-order valence-electron chi connectivity index (χ1n) is 14.6. The Morgan fingerprint density at radius 3 is 2.61 bits per heavy atom. The maximum absolute atomic E-state index is 13.4. The largest absolute Gasteiger partial charge is 0.343 e. The predicted octanol–water partition coefficient (Wildman–Crippen LogP) is 5.08. The molecule has 1 aliphatic heterocycles. The van der Waals surface area contributed by atoms with Gasteiger partial charge in [0, 0.05) is 36.8 Å². The van der Waals surface area contributed by atoms with Crippen LogP contribution in [0.3, 0.4) is 0 Å². The minimum absolute atomic E-state index is 0.0363. The molecule has 9 heteroatoms. The summed E-state index contributed by atoms with van der Waals surface area (Å²) in [4.78, 5) is 42.0. The minimum atomic E-state index is -0.182. The van der Waals surface area contributed by atoms with Crippen LogP contribution < -0.4 is 10.9 Å². The number of likely N-dealkylation sites (tertiary alicyclic amines) is 1. The molecular formula is C32H37N7O2. The molecule has 212 valence electrons. The lowest BCUT2D eigenvalue weighted by atomic mass is 9.76. The van der Waals surface area contributed by atoms with Crippen molar-refractivity contribution in [3.63, 3.8) is 0 Å². The summed E-state index contributed by atoms with van der Waals surface area (Å²) in [7, 11) is 0. The zero-order chi connectivity index (χ0) is 28.6. The number of rotatable bonds is 8. The molecule has 1 saturated heterocycles. The molecule has 3 aromatic heterocycles. The van der Waals surface area contributed by atoms with Crippen LogP contribution in [0.4, 0.5) is 11.6 Å². The summed E-state index contributed by atoms with van der Waals surface area (Å²) in [5.74, 6) is 1.28. The van der Waals surface area contributed by atoms with Gasteiger partial charge in [0.15, 0.2) is 11.5 Å². The standard InChI is InChI=1S/C32H37N7O2/c1-4-18-38-30(41)25-21-33-31(34-24-13-9-22(10-14-24)11-16-27(40)37-19-5-6-20-37)36-29(25)39(38)26-15-12-23-8-7-17-32(2,3)28(23)35-26/h4,9-10,12-15,21H,1,5-8,11,16-20H2,2-3H3,(H,33,34,36). The average molecular weight is 552 g/mol. The summed E-state index contributed by atoms with van der Waals surface area (Å²) >= 11 is 0. The van der Waals surface area contributed by atoms with Crippen molar-refractivity contribution in [2.75, 3.05) is 18.4 Å². The molecule has 6 rings (SSSR count). The molecule has 0 bridgehead atoms. The van der Waals surface area contributed by atoms with Crippen LogP contribution in [0.2, 0.25) is 0 Å². The summed E-state index contributed by atoms with van der Waals surface area (Å²) in [6.45, 7) is 10.4. The van der Waals surface area contributed by atoms with Gasteiger partial charge in [-0.1, -0.05) is 38.1 Å². The molecular weight excluding hydrogens is 514 g/mol. The van der Waals surface area contributed by atoms with Crippen molar-refractivity contribution in [3.8, 4) is 5.82 Å². The Morgan fingerprint density at radius 1 is 1.07 bits per heavy atom. The molecule has 0 saturated carbocycles. The molecule has 0 atom stereocenters. The molecule has 1 amide bonds. The van der Waals surface area contributed by atoms with Gasteiger partial charge in [-0.05, 0) is 67.9 Å². The van der Waals surface area contributed by atoms with Gasteiger partial charge in [-0.2, -0.15) is 4.98 Å². The van der Waals surface area contributed by atoms with Gasteiger partial charge >= 0.3 is 0 Å². The van der Waals surface area contributed by atoms with Gasteiger partial charge in [0.1, 0.15) is 5.39 Å². The number of carbonyl (C=O) groups is 1. The van der Waals surface area contributed by atoms with Crippen LogP contribution in [0.15, 0.2) is 60.0 Å². The van der Waals surface area contributed by atoms with Gasteiger partial charge < -0.3 is 10.2 Å². The molecule has 1 N–H and O–H groups in total. The third kappa shape index (κ3) is 5.28. The van der Waals surface area contributed by atoms with E-state index in [0.717, 1.165) is 62.1 Å². The number of aromatic nitrogens is 5. The van der Waals surface area contributed by atoms with E-state index in [1.54, 1.807) is 21.6 Å². The maximum atomic E-state index is 13.4. The first-order valence-corrected chi connectivity index (χ1v) is 14.6. The minimum Gasteiger partial charge on any atom is -0.343 e. The van der Waals surface area contributed by atoms with Gasteiger partial charge in [-0.3, -0.25) is 9.59 Å². The van der Waals surface area contributed by atoms with E-state index < -0.39 is 0 Å². The number of pyridine rings is 1. The topological polar surface area (TPSA) is 97.9 Å². The lowest BCUT2D eigenvalue weighted by Crippen LogP contribution is -2.27. The number of hydrogen-bond acceptors (Lipinski definition) is 6. The van der Waals surface area contributed by atoms with E-state index in [2.05, 4.69) is 36.8 Å². The highest BCUT2D eigenvalue weighted by Gasteiger charge is 2.30. The fourth-order valence-corrected chi connectivity index (χ4v) is 6.09. The van der Waals surface area contributed by atoms with Crippen LogP contribution in [-0.2, 0) is 29.6 Å². The fourth-order valence-electron chi connectivity index (χ4n) is 6.09. The highest BCUT2D eigenvalue weighted by Crippen LogP contribution is 2.36. The Labute approximate surface area is 239 Å². The van der Waals surface area contributed by atoms with Crippen molar-refractivity contribution in [2.45, 2.75) is 70.8 Å². The van der Waals surface area contributed by atoms with Gasteiger partial charge in [0.2, 0.25) is 11.9 Å². The summed E-state index contributed by atoms with van der Waals surface area (Å²) < 4.78 is 3.40. The first kappa shape index (κ1) is 26.9. The number of hydrogen-bond donors (Lipinski definition) is 1. The van der Waals surface area contributed by atoms with Crippen LogP contribution in [0.5, 0.6) is 0 Å². The average Bonchev–Trinajstić information content (AvgIpc) is 3.60. The molecule has 41 heavy (non-hydrogen) atoms. The number of benzene rings is 1. The predicted molar refractivity (Wildman–Crippen MR) is 161 cm³/mol. The monoisotopic (exact) mass is 551 g/mol. The van der Waals surface area contributed by atoms with Crippen molar-refractivity contribution >= 4 is 28.6 Å². The number of fused-ring (bicyclic) bond motifs is 2. The molecule has 0 unspecified atom stereocenters. The molecule has 1 aliphatic carbocycles. The number of aryl methyl sites for hydroxylation is 2. The second-order valence-electron chi connectivity index (χ2n) is 11.7. The van der Waals surface area contributed by atoms with Gasteiger partial charge in [0.25, 0.3) is 5.56 Å². The Hall–Kier alpha value is -4.27. The zero-order valence-electron chi connectivity index (χ0n) is 23.9. The van der Waals surface area contributed by atoms with Crippen LogP contribution in [0, 0.1) is 0 Å². The molecule has 0 radical (unpaired) electrons. The summed E-state index contributed by atoms with van der Waals surface area (Å²) in [5.41, 5.74) is 4.55. The Morgan fingerprint density at radius 2 is 1.85 bits per heavy atom. The maximum Gasteiger partial charge on any atom is 0.278 e. The normalized spacial score (nSPS) is 16.1. The van der Waals surface area contributed by atoms with Gasteiger partial charge in [-0.15, -0.1) is 6.58 Å². The van der Waals surface area contributed by atoms with Crippen molar-refractivity contribution in [3.05, 3.63) is 82.4 Å². The lowest BCUT2D eigenvalue weighted by molar-refractivity contribution is -0.130. The van der Waals surface area contributed by atoms with E-state index in [1.165, 1.54) is 5.56 Å². The fraction of sp³-hybridized carbons (Fsp3) is 0.406. The molecule has 0 spiro atoms. The molecule has 9 nitrogen and oxygen atoms in total. The molecule has 1 fully saturated rings. The third-order valence-corrected chi connectivity index (χ3v) is 8.34. The molecule has 2 aliphatic rings. The summed E-state index contributed by atoms with van der Waals surface area (Å²) in [5, 5.41) is 3.70. The smallest absolute Gasteiger partial charge is 0.278 e. The number of allylic oxidation sites excluding steroid dienone is 1. The highest BCUT2D eigenvalue weighted by atomic mass is 16.2. The van der Waals surface area contributed by atoms with E-state index in [1.807, 2.05) is 35.2 Å². The summed E-state index contributed by atoms with van der Waals surface area (Å²) in [6, 6.07) is 12.1. The molecule has 4 heterocycles. The van der Waals surface area contributed by atoms with Crippen molar-refractivity contribution in [1.82, 2.24) is 29.2 Å². The van der Waals surface area contributed by atoms with E-state index in [-0.39, 0.29) is 16.9 Å². The van der Waals surface area contributed by atoms with E-state index >= 15 is 0 Å². The SMILES string of the molecule is C=CCn1c(=O)c2cnc(Nc3ccc(CCC(=O)N4CCCC4)cc3)nc2n1-c1ccc2c(n1)C(C)(C)CCC2. The van der Waals surface area contributed by atoms with Crippen LogP contribution in [0.1, 0.15) is 62.8 Å². The molecule has 1 aromatic carbocycles. The zero-order valence-corrected chi connectivity index (χ0v) is 23.9. The third-order valence-electron chi connectivity index (χ3n) is 8.34. The molecule has 4 aromatic rings. The van der Waals surface area contributed by atoms with Crippen LogP contribution in [0.25, 0.3) is 16.9 Å². The van der Waals surface area contributed by atoms with Crippen molar-refractivity contribution < 1.29 is 4.79 Å². The lowest BCUT2D eigenvalue weighted by Gasteiger charge is -2.31. The number of amides is 1. The quantitative estimate of drug-likeness (QED) is 0.307. The number of nitrogens with zero attached hydrogens (tertiary/aromatic N) is 6. The second-order valence-corrected chi connectivity index (χ2v) is 11.7. The second kappa shape index (κ2) is 11.0. The summed E-state index contributed by atoms with van der Waals surface area (Å²) in [6.07, 6.45) is 9.97. The highest BCUT2D eigenvalue weighted by molar-refractivity contribution is 5.77. The Balaban J connectivity index is 1.28. The van der Waals surface area contributed by atoms with Crippen molar-refractivity contribution in [2.24, 2.45) is 0 Å². The Bertz CT molecular complexity index is 1660. The number of nitrogens with one attached hydrogen (secondary N) is 1. The Kier molecular flexibility index (Phi) is 7.19.